The number of pyridine rings is 1. The number of nitrogen functional groups attached to an aromatic ring is 1. The third kappa shape index (κ3) is 4.39. The van der Waals surface area contributed by atoms with Crippen LogP contribution in [0.5, 0.6) is 0 Å². The van der Waals surface area contributed by atoms with Crippen molar-refractivity contribution in [1.29, 1.82) is 0 Å². The molecule has 0 fully saturated rings. The highest BCUT2D eigenvalue weighted by Gasteiger charge is 2.20. The molecule has 0 bridgehead atoms. The summed E-state index contributed by atoms with van der Waals surface area (Å²) in [4.78, 5) is 19.5. The molecular weight excluding hydrogens is 440 g/mol. The molecule has 3 N–H and O–H groups in total. The van der Waals surface area contributed by atoms with Gasteiger partial charge in [-0.05, 0) is 62.0 Å². The SMILES string of the molecule is Cc1cc(C(=O)Nc2ccc(-c3ccccc3CN(C)C)cc2)n(-c2coc3ccnc(N)c23)n1. The van der Waals surface area contributed by atoms with E-state index < -0.39 is 0 Å². The van der Waals surface area contributed by atoms with Crippen LogP contribution in [0.3, 0.4) is 0 Å². The van der Waals surface area contributed by atoms with Gasteiger partial charge in [0.25, 0.3) is 5.91 Å². The number of anilines is 2. The first-order chi connectivity index (χ1) is 16.9. The van der Waals surface area contributed by atoms with E-state index in [2.05, 4.69) is 52.6 Å². The van der Waals surface area contributed by atoms with Crippen molar-refractivity contribution in [3.63, 3.8) is 0 Å². The van der Waals surface area contributed by atoms with Crippen LogP contribution < -0.4 is 11.1 Å². The third-order valence-electron chi connectivity index (χ3n) is 5.75. The predicted molar refractivity (Wildman–Crippen MR) is 138 cm³/mol. The Hall–Kier alpha value is -4.43. The zero-order chi connectivity index (χ0) is 24.5. The van der Waals surface area contributed by atoms with Crippen molar-refractivity contribution in [3.8, 4) is 16.8 Å². The molecule has 3 heterocycles. The molecule has 0 aliphatic carbocycles. The summed E-state index contributed by atoms with van der Waals surface area (Å²) in [6.07, 6.45) is 3.11. The van der Waals surface area contributed by atoms with Gasteiger partial charge in [-0.25, -0.2) is 9.67 Å². The molecule has 8 nitrogen and oxygen atoms in total. The minimum absolute atomic E-state index is 0.289. The average Bonchev–Trinajstić information content (AvgIpc) is 3.44. The van der Waals surface area contributed by atoms with E-state index >= 15 is 0 Å². The Kier molecular flexibility index (Phi) is 5.80. The van der Waals surface area contributed by atoms with Gasteiger partial charge in [0.15, 0.2) is 0 Å². The second-order valence-corrected chi connectivity index (χ2v) is 8.70. The highest BCUT2D eigenvalue weighted by Crippen LogP contribution is 2.30. The quantitative estimate of drug-likeness (QED) is 0.370. The van der Waals surface area contributed by atoms with Crippen molar-refractivity contribution < 1.29 is 9.21 Å². The third-order valence-corrected chi connectivity index (χ3v) is 5.75. The normalized spacial score (nSPS) is 11.3. The summed E-state index contributed by atoms with van der Waals surface area (Å²) in [5.41, 5.74) is 12.5. The Morgan fingerprint density at radius 1 is 1.11 bits per heavy atom. The van der Waals surface area contributed by atoms with Crippen LogP contribution in [0.25, 0.3) is 27.8 Å². The van der Waals surface area contributed by atoms with E-state index in [0.29, 0.717) is 39.5 Å². The molecule has 2 aromatic carbocycles. The highest BCUT2D eigenvalue weighted by atomic mass is 16.3. The van der Waals surface area contributed by atoms with Gasteiger partial charge in [0, 0.05) is 18.4 Å². The van der Waals surface area contributed by atoms with Crippen LogP contribution >= 0.6 is 0 Å². The summed E-state index contributed by atoms with van der Waals surface area (Å²) in [5, 5.41) is 8.10. The molecule has 35 heavy (non-hydrogen) atoms. The summed E-state index contributed by atoms with van der Waals surface area (Å²) in [6, 6.07) is 19.6. The average molecular weight is 467 g/mol. The zero-order valence-corrected chi connectivity index (χ0v) is 19.8. The first-order valence-corrected chi connectivity index (χ1v) is 11.2. The van der Waals surface area contributed by atoms with E-state index in [1.165, 1.54) is 17.4 Å². The predicted octanol–water partition coefficient (Wildman–Crippen LogP) is 4.89. The summed E-state index contributed by atoms with van der Waals surface area (Å²) in [6.45, 7) is 2.68. The van der Waals surface area contributed by atoms with Gasteiger partial charge < -0.3 is 20.4 Å². The van der Waals surface area contributed by atoms with Crippen LogP contribution in [0, 0.1) is 6.92 Å². The molecule has 0 aliphatic rings. The molecule has 5 rings (SSSR count). The lowest BCUT2D eigenvalue weighted by molar-refractivity contribution is 0.101. The van der Waals surface area contributed by atoms with Crippen LogP contribution in [-0.4, -0.2) is 39.7 Å². The topological polar surface area (TPSA) is 102 Å². The van der Waals surface area contributed by atoms with Crippen molar-refractivity contribution in [1.82, 2.24) is 19.7 Å². The lowest BCUT2D eigenvalue weighted by atomic mass is 9.99. The fraction of sp³-hybridized carbons (Fsp3) is 0.148. The standard InChI is InChI=1S/C27H26N6O2/c1-17-14-22(33(31-17)23-16-35-24-12-13-29-26(28)25(23)24)27(34)30-20-10-8-18(9-11-20)21-7-5-4-6-19(21)15-32(2)3/h4-14,16H,15H2,1-3H3,(H2,28,29)(H,30,34). The number of hydrogen-bond acceptors (Lipinski definition) is 6. The maximum Gasteiger partial charge on any atom is 0.274 e. The lowest BCUT2D eigenvalue weighted by Gasteiger charge is -2.15. The molecule has 1 amide bonds. The number of carbonyl (C=O) groups excluding carboxylic acids is 1. The summed E-state index contributed by atoms with van der Waals surface area (Å²) >= 11 is 0. The Balaban J connectivity index is 1.42. The Labute approximate surface area is 203 Å². The number of aryl methyl sites for hydroxylation is 1. The number of nitrogens with two attached hydrogens (primary N) is 1. The zero-order valence-electron chi connectivity index (χ0n) is 19.8. The van der Waals surface area contributed by atoms with Gasteiger partial charge in [-0.1, -0.05) is 36.4 Å². The van der Waals surface area contributed by atoms with E-state index in [1.807, 2.05) is 37.3 Å². The van der Waals surface area contributed by atoms with E-state index in [9.17, 15) is 4.79 Å². The molecule has 0 saturated carbocycles. The second kappa shape index (κ2) is 9.08. The fourth-order valence-corrected chi connectivity index (χ4v) is 4.20. The van der Waals surface area contributed by atoms with Crippen molar-refractivity contribution >= 4 is 28.4 Å². The van der Waals surface area contributed by atoms with Crippen LogP contribution in [0.15, 0.2) is 77.5 Å². The van der Waals surface area contributed by atoms with Crippen molar-refractivity contribution in [2.45, 2.75) is 13.5 Å². The summed E-state index contributed by atoms with van der Waals surface area (Å²) in [5.74, 6) is 0.0269. The molecule has 0 spiro atoms. The largest absolute Gasteiger partial charge is 0.462 e. The van der Waals surface area contributed by atoms with Crippen LogP contribution in [-0.2, 0) is 6.54 Å². The molecule has 0 aliphatic heterocycles. The molecule has 0 unspecified atom stereocenters. The number of fused-ring (bicyclic) bond motifs is 1. The van der Waals surface area contributed by atoms with E-state index in [1.54, 1.807) is 23.0 Å². The van der Waals surface area contributed by atoms with E-state index in [-0.39, 0.29) is 5.91 Å². The Morgan fingerprint density at radius 3 is 2.66 bits per heavy atom. The molecule has 176 valence electrons. The molecular formula is C27H26N6O2. The van der Waals surface area contributed by atoms with Crippen molar-refractivity contribution in [3.05, 3.63) is 90.1 Å². The molecule has 0 radical (unpaired) electrons. The van der Waals surface area contributed by atoms with Crippen molar-refractivity contribution in [2.24, 2.45) is 0 Å². The Morgan fingerprint density at radius 2 is 1.89 bits per heavy atom. The van der Waals surface area contributed by atoms with Gasteiger partial charge in [0.1, 0.15) is 29.0 Å². The van der Waals surface area contributed by atoms with Gasteiger partial charge in [-0.15, -0.1) is 0 Å². The first kappa shape index (κ1) is 22.4. The van der Waals surface area contributed by atoms with Gasteiger partial charge in [0.05, 0.1) is 11.1 Å². The van der Waals surface area contributed by atoms with E-state index in [4.69, 9.17) is 10.2 Å². The van der Waals surface area contributed by atoms with Crippen LogP contribution in [0.4, 0.5) is 11.5 Å². The number of amides is 1. The second-order valence-electron chi connectivity index (χ2n) is 8.70. The van der Waals surface area contributed by atoms with Gasteiger partial charge >= 0.3 is 0 Å². The molecule has 5 aromatic rings. The number of carbonyl (C=O) groups is 1. The molecule has 0 atom stereocenters. The number of nitrogens with zero attached hydrogens (tertiary/aromatic N) is 4. The number of furan rings is 1. The van der Waals surface area contributed by atoms with Crippen LogP contribution in [0.1, 0.15) is 21.7 Å². The van der Waals surface area contributed by atoms with Gasteiger partial charge in [0.2, 0.25) is 0 Å². The number of nitrogens with one attached hydrogen (secondary N) is 1. The minimum Gasteiger partial charge on any atom is -0.462 e. The first-order valence-electron chi connectivity index (χ1n) is 11.2. The van der Waals surface area contributed by atoms with E-state index in [0.717, 1.165) is 12.1 Å². The smallest absolute Gasteiger partial charge is 0.274 e. The lowest BCUT2D eigenvalue weighted by Crippen LogP contribution is -2.17. The number of benzene rings is 2. The monoisotopic (exact) mass is 466 g/mol. The number of aromatic nitrogens is 3. The maximum atomic E-state index is 13.2. The highest BCUT2D eigenvalue weighted by molar-refractivity contribution is 6.04. The number of hydrogen-bond donors (Lipinski definition) is 2. The van der Waals surface area contributed by atoms with Crippen LogP contribution in [0.2, 0.25) is 0 Å². The van der Waals surface area contributed by atoms with Crippen molar-refractivity contribution in [2.75, 3.05) is 25.1 Å². The number of rotatable bonds is 6. The van der Waals surface area contributed by atoms with Gasteiger partial charge in [-0.3, -0.25) is 4.79 Å². The minimum atomic E-state index is -0.289. The molecule has 0 saturated heterocycles. The summed E-state index contributed by atoms with van der Waals surface area (Å²) in [7, 11) is 4.11. The van der Waals surface area contributed by atoms with Gasteiger partial charge in [-0.2, -0.15) is 5.10 Å². The maximum absolute atomic E-state index is 13.2. The molecule has 3 aromatic heterocycles. The summed E-state index contributed by atoms with van der Waals surface area (Å²) < 4.78 is 7.16. The Bertz CT molecular complexity index is 1510. The molecule has 8 heteroatoms. The fourth-order valence-electron chi connectivity index (χ4n) is 4.20.